The summed E-state index contributed by atoms with van der Waals surface area (Å²) < 4.78 is 33.8. The van der Waals surface area contributed by atoms with Crippen molar-refractivity contribution in [1.82, 2.24) is 24.7 Å². The lowest BCUT2D eigenvalue weighted by Crippen LogP contribution is -2.37. The van der Waals surface area contributed by atoms with Crippen LogP contribution in [0.25, 0.3) is 0 Å². The van der Waals surface area contributed by atoms with E-state index in [1.807, 2.05) is 6.92 Å². The highest BCUT2D eigenvalue weighted by molar-refractivity contribution is 7.91. The van der Waals surface area contributed by atoms with E-state index in [1.54, 1.807) is 42.1 Å². The van der Waals surface area contributed by atoms with Crippen LogP contribution in [0.4, 0.5) is 15.6 Å². The summed E-state index contributed by atoms with van der Waals surface area (Å²) in [6.45, 7) is 4.58. The molecule has 0 bridgehead atoms. The summed E-state index contributed by atoms with van der Waals surface area (Å²) in [6.07, 6.45) is 3.21. The fourth-order valence-electron chi connectivity index (χ4n) is 2.66. The smallest absolute Gasteiger partial charge is 0.328 e. The summed E-state index contributed by atoms with van der Waals surface area (Å²) in [6, 6.07) is 6.50. The predicted molar refractivity (Wildman–Crippen MR) is 117 cm³/mol. The molecule has 0 atom stereocenters. The Morgan fingerprint density at radius 2 is 2.03 bits per heavy atom. The average Bonchev–Trinajstić information content (AvgIpc) is 3.40. The van der Waals surface area contributed by atoms with Crippen molar-refractivity contribution < 1.29 is 17.9 Å². The normalized spacial score (nSPS) is 11.3. The van der Waals surface area contributed by atoms with Crippen LogP contribution in [0.5, 0.6) is 5.75 Å². The maximum Gasteiger partial charge on any atom is 0.328 e. The van der Waals surface area contributed by atoms with Gasteiger partial charge in [0.05, 0.1) is 25.0 Å². The van der Waals surface area contributed by atoms with Crippen LogP contribution in [0, 0.1) is 6.92 Å². The van der Waals surface area contributed by atoms with Crippen molar-refractivity contribution in [3.8, 4) is 5.75 Å². The number of hydrogen-bond acceptors (Lipinski definition) is 8. The lowest BCUT2D eigenvalue weighted by Gasteiger charge is -2.20. The second-order valence-corrected chi connectivity index (χ2v) is 9.34. The van der Waals surface area contributed by atoms with Crippen molar-refractivity contribution in [1.29, 1.82) is 0 Å². The van der Waals surface area contributed by atoms with Crippen LogP contribution >= 0.6 is 11.3 Å². The Morgan fingerprint density at radius 1 is 1.29 bits per heavy atom. The van der Waals surface area contributed by atoms with Gasteiger partial charge in [0.15, 0.2) is 9.34 Å². The lowest BCUT2D eigenvalue weighted by atomic mass is 10.3. The van der Waals surface area contributed by atoms with Crippen molar-refractivity contribution in [3.05, 3.63) is 42.4 Å². The zero-order valence-corrected chi connectivity index (χ0v) is 18.9. The minimum Gasteiger partial charge on any atom is -0.494 e. The first-order valence-electron chi connectivity index (χ1n) is 9.40. The van der Waals surface area contributed by atoms with Gasteiger partial charge < -0.3 is 10.1 Å². The molecule has 11 nitrogen and oxygen atoms in total. The largest absolute Gasteiger partial charge is 0.494 e. The molecule has 2 amide bonds. The maximum atomic E-state index is 13.1. The Balaban J connectivity index is 1.85. The molecular formula is C18H23N7O4S2. The second-order valence-electron chi connectivity index (χ2n) is 6.28. The van der Waals surface area contributed by atoms with Crippen molar-refractivity contribution in [2.24, 2.45) is 0 Å². The van der Waals surface area contributed by atoms with E-state index in [4.69, 9.17) is 4.74 Å². The summed E-state index contributed by atoms with van der Waals surface area (Å²) in [7, 11) is -2.36. The summed E-state index contributed by atoms with van der Waals surface area (Å²) in [4.78, 5) is 18.8. The predicted octanol–water partition coefficient (Wildman–Crippen LogP) is 2.09. The van der Waals surface area contributed by atoms with Crippen molar-refractivity contribution >= 4 is 38.2 Å². The summed E-state index contributed by atoms with van der Waals surface area (Å²) in [5, 5.41) is 10.7. The van der Waals surface area contributed by atoms with Crippen LogP contribution in [0.2, 0.25) is 0 Å². The molecule has 166 valence electrons. The Labute approximate surface area is 184 Å². The number of rotatable bonds is 9. The highest BCUT2D eigenvalue weighted by atomic mass is 32.2. The number of sulfonamides is 1. The monoisotopic (exact) mass is 465 g/mol. The number of ether oxygens (including phenoxy) is 1. The molecule has 2 heterocycles. The number of carbonyl (C=O) groups is 1. The number of thiazole rings is 1. The Morgan fingerprint density at radius 3 is 2.65 bits per heavy atom. The van der Waals surface area contributed by atoms with E-state index in [0.717, 1.165) is 11.3 Å². The van der Waals surface area contributed by atoms with Gasteiger partial charge >= 0.3 is 6.03 Å². The molecule has 2 N–H and O–H groups in total. The van der Waals surface area contributed by atoms with Crippen molar-refractivity contribution in [2.75, 3.05) is 30.4 Å². The molecule has 0 spiro atoms. The molecule has 0 radical (unpaired) electrons. The first kappa shape index (κ1) is 22.7. The highest BCUT2D eigenvalue weighted by Gasteiger charge is 2.26. The number of benzene rings is 1. The van der Waals surface area contributed by atoms with Crippen LogP contribution in [0.3, 0.4) is 0 Å². The minimum atomic E-state index is -3.69. The summed E-state index contributed by atoms with van der Waals surface area (Å²) in [5.74, 6) is 0.695. The molecule has 2 aromatic heterocycles. The molecule has 0 unspecified atom stereocenters. The number of nitrogens with zero attached hydrogens (tertiary/aromatic N) is 5. The highest BCUT2D eigenvalue weighted by Crippen LogP contribution is 2.30. The number of amides is 2. The van der Waals surface area contributed by atoms with Crippen molar-refractivity contribution in [3.63, 3.8) is 0 Å². The van der Waals surface area contributed by atoms with E-state index in [2.05, 4.69) is 25.3 Å². The Hall–Kier alpha value is -3.03. The first-order valence-corrected chi connectivity index (χ1v) is 11.7. The van der Waals surface area contributed by atoms with Gasteiger partial charge in [-0.05, 0) is 45.2 Å². The standard InChI is InChI=1S/C18H23N7O4S2/c1-4-29-15-7-5-14(6-8-15)22-17(26)25(12-11-24-10-9-20-23-24)18-21-13(2)16(30-18)31(27,28)19-3/h5-10,19H,4,11-12H2,1-3H3,(H,22,26). The number of hydrogen-bond donors (Lipinski definition) is 2. The lowest BCUT2D eigenvalue weighted by molar-refractivity contribution is 0.256. The zero-order chi connectivity index (χ0) is 22.4. The van der Waals surface area contributed by atoms with Crippen LogP contribution in [-0.4, -0.2) is 54.6 Å². The molecule has 0 saturated carbocycles. The van der Waals surface area contributed by atoms with Crippen LogP contribution in [-0.2, 0) is 16.6 Å². The fraction of sp³-hybridized carbons (Fsp3) is 0.333. The SMILES string of the molecule is CCOc1ccc(NC(=O)N(CCn2ccnn2)c2nc(C)c(S(=O)(=O)NC)s2)cc1. The van der Waals surface area contributed by atoms with Gasteiger partial charge in [-0.1, -0.05) is 16.6 Å². The summed E-state index contributed by atoms with van der Waals surface area (Å²) >= 11 is 0.922. The number of aromatic nitrogens is 4. The zero-order valence-electron chi connectivity index (χ0n) is 17.3. The number of anilines is 2. The van der Waals surface area contributed by atoms with Gasteiger partial charge in [-0.25, -0.2) is 22.9 Å². The van der Waals surface area contributed by atoms with Gasteiger partial charge in [-0.3, -0.25) is 9.58 Å². The molecule has 0 saturated heterocycles. The van der Waals surface area contributed by atoms with Gasteiger partial charge in [0, 0.05) is 18.4 Å². The summed E-state index contributed by atoms with van der Waals surface area (Å²) in [5.41, 5.74) is 0.879. The topological polar surface area (TPSA) is 131 Å². The third-order valence-electron chi connectivity index (χ3n) is 4.17. The molecule has 3 rings (SSSR count). The van der Waals surface area contributed by atoms with Gasteiger partial charge in [0.2, 0.25) is 0 Å². The third kappa shape index (κ3) is 5.57. The van der Waals surface area contributed by atoms with Gasteiger partial charge in [0.1, 0.15) is 5.75 Å². The minimum absolute atomic E-state index is 0.0598. The molecule has 13 heteroatoms. The third-order valence-corrected chi connectivity index (χ3v) is 7.38. The number of aryl methyl sites for hydroxylation is 1. The average molecular weight is 466 g/mol. The molecule has 3 aromatic rings. The Bertz CT molecular complexity index is 1110. The van der Waals surface area contributed by atoms with E-state index in [0.29, 0.717) is 30.3 Å². The van der Waals surface area contributed by atoms with E-state index in [9.17, 15) is 13.2 Å². The molecule has 1 aromatic carbocycles. The number of carbonyl (C=O) groups excluding carboxylic acids is 1. The molecule has 0 aliphatic rings. The van der Waals surface area contributed by atoms with E-state index < -0.39 is 16.1 Å². The van der Waals surface area contributed by atoms with E-state index in [-0.39, 0.29) is 15.9 Å². The molecule has 0 fully saturated rings. The van der Waals surface area contributed by atoms with Crippen LogP contribution in [0.1, 0.15) is 12.6 Å². The number of nitrogens with one attached hydrogen (secondary N) is 2. The maximum absolute atomic E-state index is 13.1. The van der Waals surface area contributed by atoms with Crippen molar-refractivity contribution in [2.45, 2.75) is 24.6 Å². The molecular weight excluding hydrogens is 442 g/mol. The van der Waals surface area contributed by atoms with E-state index >= 15 is 0 Å². The van der Waals surface area contributed by atoms with E-state index in [1.165, 1.54) is 18.1 Å². The van der Waals surface area contributed by atoms with Gasteiger partial charge in [0.25, 0.3) is 10.0 Å². The van der Waals surface area contributed by atoms with Gasteiger partial charge in [-0.2, -0.15) is 0 Å². The van der Waals surface area contributed by atoms with Crippen LogP contribution < -0.4 is 19.7 Å². The van der Waals surface area contributed by atoms with Gasteiger partial charge in [-0.15, -0.1) is 5.10 Å². The second kappa shape index (κ2) is 9.85. The van der Waals surface area contributed by atoms with Crippen LogP contribution in [0.15, 0.2) is 40.9 Å². The molecule has 31 heavy (non-hydrogen) atoms. The molecule has 0 aliphatic carbocycles. The molecule has 0 aliphatic heterocycles. The Kier molecular flexibility index (Phi) is 7.20. The quantitative estimate of drug-likeness (QED) is 0.495. The first-order chi connectivity index (χ1) is 14.8. The number of urea groups is 1. The fourth-order valence-corrected chi connectivity index (χ4v) is 5.02.